The van der Waals surface area contributed by atoms with Crippen LogP contribution in [0.4, 0.5) is 0 Å². The molecule has 1 aliphatic heterocycles. The van der Waals surface area contributed by atoms with Gasteiger partial charge in [0.2, 0.25) is 0 Å². The first-order valence-electron chi connectivity index (χ1n) is 8.14. The van der Waals surface area contributed by atoms with E-state index >= 15 is 0 Å². The van der Waals surface area contributed by atoms with Crippen LogP contribution in [0.5, 0.6) is 0 Å². The molecule has 2 nitrogen and oxygen atoms in total. The van der Waals surface area contributed by atoms with Gasteiger partial charge in [-0.25, -0.2) is 0 Å². The van der Waals surface area contributed by atoms with Gasteiger partial charge in [-0.15, -0.1) is 0 Å². The summed E-state index contributed by atoms with van der Waals surface area (Å²) < 4.78 is 0. The first-order valence-corrected chi connectivity index (χ1v) is 8.14. The van der Waals surface area contributed by atoms with Gasteiger partial charge >= 0.3 is 0 Å². The van der Waals surface area contributed by atoms with E-state index in [-0.39, 0.29) is 5.54 Å². The Kier molecular flexibility index (Phi) is 5.22. The molecule has 1 N–H and O–H groups in total. The summed E-state index contributed by atoms with van der Waals surface area (Å²) in [6, 6.07) is 11.6. The molecule has 2 heteroatoms. The standard InChI is InChI=1S/C18H30N2/c1-5-16(6-2)13-20-12-15(3)19-14-18(20,4)17-10-8-7-9-11-17/h7-11,15-16,19H,5-6,12-14H2,1-4H3. The minimum absolute atomic E-state index is 0.121. The van der Waals surface area contributed by atoms with Crippen molar-refractivity contribution < 1.29 is 0 Å². The molecule has 1 saturated heterocycles. The maximum atomic E-state index is 3.67. The highest BCUT2D eigenvalue weighted by atomic mass is 15.3. The van der Waals surface area contributed by atoms with Gasteiger partial charge in [-0.2, -0.15) is 0 Å². The Balaban J connectivity index is 2.23. The Morgan fingerprint density at radius 2 is 1.90 bits per heavy atom. The van der Waals surface area contributed by atoms with Gasteiger partial charge in [-0.3, -0.25) is 4.90 Å². The highest BCUT2D eigenvalue weighted by molar-refractivity contribution is 5.25. The number of nitrogens with one attached hydrogen (secondary N) is 1. The summed E-state index contributed by atoms with van der Waals surface area (Å²) in [7, 11) is 0. The zero-order valence-electron chi connectivity index (χ0n) is 13.5. The van der Waals surface area contributed by atoms with E-state index in [0.717, 1.165) is 19.0 Å². The first kappa shape index (κ1) is 15.5. The van der Waals surface area contributed by atoms with E-state index in [1.165, 1.54) is 24.9 Å². The SMILES string of the molecule is CCC(CC)CN1CC(C)NCC1(C)c1ccccc1. The third-order valence-electron chi connectivity index (χ3n) is 5.02. The van der Waals surface area contributed by atoms with Crippen molar-refractivity contribution in [3.8, 4) is 0 Å². The maximum absolute atomic E-state index is 3.67. The van der Waals surface area contributed by atoms with Crippen molar-refractivity contribution in [1.29, 1.82) is 0 Å². The minimum Gasteiger partial charge on any atom is -0.311 e. The Morgan fingerprint density at radius 1 is 1.25 bits per heavy atom. The molecule has 0 saturated carbocycles. The van der Waals surface area contributed by atoms with E-state index in [9.17, 15) is 0 Å². The Bertz CT molecular complexity index is 399. The molecule has 1 aromatic carbocycles. The number of piperazine rings is 1. The zero-order chi connectivity index (χ0) is 14.6. The molecule has 2 atom stereocenters. The van der Waals surface area contributed by atoms with E-state index in [4.69, 9.17) is 0 Å². The van der Waals surface area contributed by atoms with Crippen LogP contribution in [0.15, 0.2) is 30.3 Å². The molecule has 1 heterocycles. The van der Waals surface area contributed by atoms with Crippen LogP contribution in [-0.2, 0) is 5.54 Å². The second-order valence-electron chi connectivity index (χ2n) is 6.51. The lowest BCUT2D eigenvalue weighted by atomic mass is 9.85. The van der Waals surface area contributed by atoms with E-state index in [1.54, 1.807) is 0 Å². The van der Waals surface area contributed by atoms with Gasteiger partial charge in [-0.1, -0.05) is 57.0 Å². The van der Waals surface area contributed by atoms with Crippen LogP contribution in [0, 0.1) is 5.92 Å². The number of rotatable bonds is 5. The molecule has 0 aromatic heterocycles. The maximum Gasteiger partial charge on any atom is 0.0558 e. The zero-order valence-corrected chi connectivity index (χ0v) is 13.5. The molecule has 1 fully saturated rings. The molecule has 1 aromatic rings. The fraction of sp³-hybridized carbons (Fsp3) is 0.667. The lowest BCUT2D eigenvalue weighted by Crippen LogP contribution is -2.61. The fourth-order valence-electron chi connectivity index (χ4n) is 3.30. The van der Waals surface area contributed by atoms with Crippen molar-refractivity contribution in [3.63, 3.8) is 0 Å². The van der Waals surface area contributed by atoms with E-state index < -0.39 is 0 Å². The van der Waals surface area contributed by atoms with Crippen molar-refractivity contribution >= 4 is 0 Å². The predicted molar refractivity (Wildman–Crippen MR) is 86.9 cm³/mol. The largest absolute Gasteiger partial charge is 0.311 e. The van der Waals surface area contributed by atoms with Crippen LogP contribution < -0.4 is 5.32 Å². The Hall–Kier alpha value is -0.860. The third kappa shape index (κ3) is 3.24. The van der Waals surface area contributed by atoms with Gasteiger partial charge < -0.3 is 5.32 Å². The second-order valence-corrected chi connectivity index (χ2v) is 6.51. The quantitative estimate of drug-likeness (QED) is 0.882. The van der Waals surface area contributed by atoms with Gasteiger partial charge in [0.15, 0.2) is 0 Å². The number of hydrogen-bond acceptors (Lipinski definition) is 2. The summed E-state index contributed by atoms with van der Waals surface area (Å²) in [6.07, 6.45) is 2.55. The van der Waals surface area contributed by atoms with Crippen LogP contribution in [0.25, 0.3) is 0 Å². The van der Waals surface area contributed by atoms with Crippen molar-refractivity contribution in [1.82, 2.24) is 10.2 Å². The molecule has 0 bridgehead atoms. The normalized spacial score (nSPS) is 27.9. The van der Waals surface area contributed by atoms with Crippen molar-refractivity contribution in [2.45, 2.75) is 52.1 Å². The smallest absolute Gasteiger partial charge is 0.0558 e. The average molecular weight is 274 g/mol. The Morgan fingerprint density at radius 3 is 2.50 bits per heavy atom. The fourth-order valence-corrected chi connectivity index (χ4v) is 3.30. The van der Waals surface area contributed by atoms with E-state index in [0.29, 0.717) is 6.04 Å². The van der Waals surface area contributed by atoms with Gasteiger partial charge in [0, 0.05) is 25.7 Å². The summed E-state index contributed by atoms with van der Waals surface area (Å²) >= 11 is 0. The number of nitrogens with zero attached hydrogens (tertiary/aromatic N) is 1. The molecular formula is C18H30N2. The van der Waals surface area contributed by atoms with Crippen LogP contribution in [-0.4, -0.2) is 30.6 Å². The van der Waals surface area contributed by atoms with Crippen molar-refractivity contribution in [2.24, 2.45) is 5.92 Å². The topological polar surface area (TPSA) is 15.3 Å². The molecule has 1 aliphatic rings. The van der Waals surface area contributed by atoms with E-state index in [1.807, 2.05) is 0 Å². The van der Waals surface area contributed by atoms with E-state index in [2.05, 4.69) is 68.2 Å². The summed E-state index contributed by atoms with van der Waals surface area (Å²) in [5, 5.41) is 3.67. The predicted octanol–water partition coefficient (Wildman–Crippen LogP) is 3.63. The first-order chi connectivity index (χ1) is 9.60. The molecule has 2 rings (SSSR count). The van der Waals surface area contributed by atoms with Gasteiger partial charge in [0.1, 0.15) is 0 Å². The van der Waals surface area contributed by atoms with Gasteiger partial charge in [-0.05, 0) is 25.3 Å². The molecule has 2 unspecified atom stereocenters. The Labute approximate surface area is 124 Å². The summed E-state index contributed by atoms with van der Waals surface area (Å²) in [6.45, 7) is 12.7. The van der Waals surface area contributed by atoms with Crippen LogP contribution in [0.1, 0.15) is 46.1 Å². The summed E-state index contributed by atoms with van der Waals surface area (Å²) in [5.41, 5.74) is 1.56. The number of hydrogen-bond donors (Lipinski definition) is 1. The molecular weight excluding hydrogens is 244 g/mol. The summed E-state index contributed by atoms with van der Waals surface area (Å²) in [4.78, 5) is 2.71. The molecule has 112 valence electrons. The molecule has 0 radical (unpaired) electrons. The molecule has 0 spiro atoms. The molecule has 20 heavy (non-hydrogen) atoms. The lowest BCUT2D eigenvalue weighted by Gasteiger charge is -2.49. The van der Waals surface area contributed by atoms with Crippen molar-refractivity contribution in [3.05, 3.63) is 35.9 Å². The highest BCUT2D eigenvalue weighted by Gasteiger charge is 2.38. The lowest BCUT2D eigenvalue weighted by molar-refractivity contribution is 0.0372. The van der Waals surface area contributed by atoms with Crippen LogP contribution in [0.3, 0.4) is 0 Å². The van der Waals surface area contributed by atoms with Crippen molar-refractivity contribution in [2.75, 3.05) is 19.6 Å². The number of benzene rings is 1. The average Bonchev–Trinajstić information content (AvgIpc) is 2.49. The van der Waals surface area contributed by atoms with Gasteiger partial charge in [0.25, 0.3) is 0 Å². The monoisotopic (exact) mass is 274 g/mol. The molecule has 0 amide bonds. The van der Waals surface area contributed by atoms with Gasteiger partial charge in [0.05, 0.1) is 5.54 Å². The highest BCUT2D eigenvalue weighted by Crippen LogP contribution is 2.32. The minimum atomic E-state index is 0.121. The summed E-state index contributed by atoms with van der Waals surface area (Å²) in [5.74, 6) is 0.809. The third-order valence-corrected chi connectivity index (χ3v) is 5.02. The van der Waals surface area contributed by atoms with Crippen LogP contribution >= 0.6 is 0 Å². The molecule has 0 aliphatic carbocycles. The second kappa shape index (κ2) is 6.73. The van der Waals surface area contributed by atoms with Crippen LogP contribution in [0.2, 0.25) is 0 Å².